The topological polar surface area (TPSA) is 57.7 Å². The number of benzene rings is 2. The molecule has 6 heteroatoms. The first-order chi connectivity index (χ1) is 11.5. The van der Waals surface area contributed by atoms with E-state index in [2.05, 4.69) is 0 Å². The summed E-state index contributed by atoms with van der Waals surface area (Å²) < 4.78 is 24.4. The molecule has 2 aliphatic rings. The lowest BCUT2D eigenvalue weighted by Gasteiger charge is -2.22. The van der Waals surface area contributed by atoms with E-state index < -0.39 is 9.84 Å². The van der Waals surface area contributed by atoms with Gasteiger partial charge in [0.1, 0.15) is 0 Å². The first-order valence-electron chi connectivity index (χ1n) is 7.91. The van der Waals surface area contributed by atoms with E-state index in [1.54, 1.807) is 9.80 Å². The van der Waals surface area contributed by atoms with Gasteiger partial charge in [0.25, 0.3) is 0 Å². The van der Waals surface area contributed by atoms with E-state index in [1.807, 2.05) is 61.5 Å². The van der Waals surface area contributed by atoms with Gasteiger partial charge in [0.05, 0.1) is 23.6 Å². The molecular weight excluding hydrogens is 324 g/mol. The van der Waals surface area contributed by atoms with E-state index in [-0.39, 0.29) is 29.6 Å². The fourth-order valence-corrected chi connectivity index (χ4v) is 5.52. The first-order valence-corrected chi connectivity index (χ1v) is 9.73. The molecule has 2 heterocycles. The number of aryl methyl sites for hydroxylation is 1. The van der Waals surface area contributed by atoms with Gasteiger partial charge in [-0.1, -0.05) is 35.9 Å². The van der Waals surface area contributed by atoms with Crippen LogP contribution >= 0.6 is 0 Å². The average molecular weight is 342 g/mol. The molecule has 0 aromatic heterocycles. The second-order valence-electron chi connectivity index (χ2n) is 6.41. The van der Waals surface area contributed by atoms with E-state index >= 15 is 0 Å². The van der Waals surface area contributed by atoms with Crippen LogP contribution < -0.4 is 9.80 Å². The SMILES string of the molecule is Cc1ccc(N2C(=O)N(c3ccccc3)[C@@H]3CS(=O)(=O)C[C@@H]32)cc1. The minimum absolute atomic E-state index is 0.0145. The standard InChI is InChI=1S/C18H18N2O3S/c1-13-7-9-15(10-8-13)20-17-12-24(22,23)11-16(17)19(18(20)21)14-5-3-2-4-6-14/h2-10,16-17H,11-12H2,1H3/t16-,17+/m1/s1. The molecule has 2 aromatic rings. The lowest BCUT2D eigenvalue weighted by atomic mass is 10.1. The van der Waals surface area contributed by atoms with E-state index in [1.165, 1.54) is 0 Å². The number of urea groups is 1. The molecule has 0 N–H and O–H groups in total. The molecule has 2 aromatic carbocycles. The number of amides is 2. The lowest BCUT2D eigenvalue weighted by molar-refractivity contribution is 0.255. The highest BCUT2D eigenvalue weighted by Gasteiger charge is 2.54. The van der Waals surface area contributed by atoms with Crippen molar-refractivity contribution in [2.24, 2.45) is 0 Å². The van der Waals surface area contributed by atoms with Gasteiger partial charge in [0.2, 0.25) is 0 Å². The van der Waals surface area contributed by atoms with Gasteiger partial charge in [-0.3, -0.25) is 9.80 Å². The maximum Gasteiger partial charge on any atom is 0.329 e. The predicted molar refractivity (Wildman–Crippen MR) is 94.2 cm³/mol. The number of nitrogens with zero attached hydrogens (tertiary/aromatic N) is 2. The first kappa shape index (κ1) is 15.2. The molecule has 0 spiro atoms. The Labute approximate surface area is 141 Å². The van der Waals surface area contributed by atoms with Gasteiger partial charge in [-0.05, 0) is 31.2 Å². The Morgan fingerprint density at radius 3 is 1.88 bits per heavy atom. The monoisotopic (exact) mass is 342 g/mol. The molecule has 0 unspecified atom stereocenters. The van der Waals surface area contributed by atoms with Crippen molar-refractivity contribution in [2.45, 2.75) is 19.0 Å². The van der Waals surface area contributed by atoms with E-state index in [4.69, 9.17) is 0 Å². The molecule has 0 radical (unpaired) electrons. The zero-order valence-corrected chi connectivity index (χ0v) is 14.1. The van der Waals surface area contributed by atoms with Crippen LogP contribution in [0.4, 0.5) is 16.2 Å². The number of anilines is 2. The molecule has 2 amide bonds. The van der Waals surface area contributed by atoms with Crippen LogP contribution in [0.3, 0.4) is 0 Å². The van der Waals surface area contributed by atoms with Crippen LogP contribution in [0.2, 0.25) is 0 Å². The van der Waals surface area contributed by atoms with Gasteiger partial charge in [0.15, 0.2) is 9.84 Å². The molecule has 5 nitrogen and oxygen atoms in total. The Morgan fingerprint density at radius 2 is 1.33 bits per heavy atom. The third-order valence-corrected chi connectivity index (χ3v) is 6.41. The van der Waals surface area contributed by atoms with Crippen molar-refractivity contribution in [3.63, 3.8) is 0 Å². The highest BCUT2D eigenvalue weighted by atomic mass is 32.2. The summed E-state index contributed by atoms with van der Waals surface area (Å²) in [5, 5.41) is 0. The van der Waals surface area contributed by atoms with Gasteiger partial charge < -0.3 is 0 Å². The normalized spacial score (nSPS) is 25.1. The largest absolute Gasteiger partial charge is 0.329 e. The zero-order valence-electron chi connectivity index (χ0n) is 13.3. The van der Waals surface area contributed by atoms with Crippen molar-refractivity contribution in [3.8, 4) is 0 Å². The highest BCUT2D eigenvalue weighted by molar-refractivity contribution is 7.91. The van der Waals surface area contributed by atoms with E-state index in [0.29, 0.717) is 0 Å². The molecule has 2 aliphatic heterocycles. The van der Waals surface area contributed by atoms with Crippen molar-refractivity contribution < 1.29 is 13.2 Å². The summed E-state index contributed by atoms with van der Waals surface area (Å²) in [7, 11) is -3.15. The Morgan fingerprint density at radius 1 is 0.833 bits per heavy atom. The van der Waals surface area contributed by atoms with E-state index in [0.717, 1.165) is 16.9 Å². The zero-order chi connectivity index (χ0) is 16.9. The summed E-state index contributed by atoms with van der Waals surface area (Å²) in [6.45, 7) is 1.98. The number of hydrogen-bond acceptors (Lipinski definition) is 3. The van der Waals surface area contributed by atoms with Crippen molar-refractivity contribution in [1.29, 1.82) is 0 Å². The Balaban J connectivity index is 1.80. The maximum absolute atomic E-state index is 13.1. The second-order valence-corrected chi connectivity index (χ2v) is 8.56. The third kappa shape index (κ3) is 2.38. The fraction of sp³-hybridized carbons (Fsp3) is 0.278. The number of carbonyl (C=O) groups is 1. The summed E-state index contributed by atoms with van der Waals surface area (Å²) in [6, 6.07) is 16.1. The Bertz CT molecular complexity index is 878. The summed E-state index contributed by atoms with van der Waals surface area (Å²) >= 11 is 0. The van der Waals surface area contributed by atoms with Crippen LogP contribution in [-0.2, 0) is 9.84 Å². The molecular formula is C18H18N2O3S. The van der Waals surface area contributed by atoms with Crippen LogP contribution in [0.15, 0.2) is 54.6 Å². The number of rotatable bonds is 2. The average Bonchev–Trinajstić information content (AvgIpc) is 2.98. The van der Waals surface area contributed by atoms with Crippen LogP contribution in [0, 0.1) is 6.92 Å². The van der Waals surface area contributed by atoms with Crippen LogP contribution in [-0.4, -0.2) is 38.0 Å². The van der Waals surface area contributed by atoms with Gasteiger partial charge >= 0.3 is 6.03 Å². The number of fused-ring (bicyclic) bond motifs is 1. The van der Waals surface area contributed by atoms with Crippen molar-refractivity contribution in [2.75, 3.05) is 21.3 Å². The highest BCUT2D eigenvalue weighted by Crippen LogP contribution is 2.37. The smallest absolute Gasteiger partial charge is 0.288 e. The second kappa shape index (κ2) is 5.34. The Kier molecular flexibility index (Phi) is 3.38. The molecule has 4 rings (SSSR count). The molecule has 124 valence electrons. The van der Waals surface area contributed by atoms with Crippen LogP contribution in [0.5, 0.6) is 0 Å². The van der Waals surface area contributed by atoms with E-state index in [9.17, 15) is 13.2 Å². The summed E-state index contributed by atoms with van der Waals surface area (Å²) in [4.78, 5) is 16.3. The number of para-hydroxylation sites is 1. The van der Waals surface area contributed by atoms with Crippen molar-refractivity contribution in [1.82, 2.24) is 0 Å². The van der Waals surface area contributed by atoms with Gasteiger partial charge in [-0.2, -0.15) is 0 Å². The number of carbonyl (C=O) groups excluding carboxylic acids is 1. The van der Waals surface area contributed by atoms with Crippen molar-refractivity contribution in [3.05, 3.63) is 60.2 Å². The molecule has 0 bridgehead atoms. The molecule has 0 aliphatic carbocycles. The third-order valence-electron chi connectivity index (χ3n) is 4.72. The Hall–Kier alpha value is -2.34. The molecule has 24 heavy (non-hydrogen) atoms. The molecule has 2 atom stereocenters. The molecule has 2 saturated heterocycles. The fourth-order valence-electron chi connectivity index (χ4n) is 3.60. The van der Waals surface area contributed by atoms with Crippen LogP contribution in [0.1, 0.15) is 5.56 Å². The number of hydrogen-bond donors (Lipinski definition) is 0. The minimum atomic E-state index is -3.15. The van der Waals surface area contributed by atoms with Gasteiger partial charge in [-0.25, -0.2) is 13.2 Å². The molecule has 0 saturated carbocycles. The summed E-state index contributed by atoms with van der Waals surface area (Å²) in [5.41, 5.74) is 2.58. The summed E-state index contributed by atoms with van der Waals surface area (Å²) in [5.74, 6) is 0.0290. The van der Waals surface area contributed by atoms with Crippen LogP contribution in [0.25, 0.3) is 0 Å². The maximum atomic E-state index is 13.1. The minimum Gasteiger partial charge on any atom is -0.288 e. The predicted octanol–water partition coefficient (Wildman–Crippen LogP) is 2.61. The van der Waals surface area contributed by atoms with Crippen molar-refractivity contribution >= 4 is 27.2 Å². The summed E-state index contributed by atoms with van der Waals surface area (Å²) in [6.07, 6.45) is 0. The van der Waals surface area contributed by atoms with Gasteiger partial charge in [0, 0.05) is 11.4 Å². The number of sulfone groups is 1. The molecule has 2 fully saturated rings. The van der Waals surface area contributed by atoms with Gasteiger partial charge in [-0.15, -0.1) is 0 Å². The quantitative estimate of drug-likeness (QED) is 0.788. The lowest BCUT2D eigenvalue weighted by Crippen LogP contribution is -2.37.